The van der Waals surface area contributed by atoms with Crippen LogP contribution in [0.1, 0.15) is 33.8 Å². The minimum Gasteiger partial charge on any atom is -0.465 e. The minimum atomic E-state index is -1.41. The Morgan fingerprint density at radius 2 is 1.96 bits per heavy atom. The van der Waals surface area contributed by atoms with Gasteiger partial charge in [0.15, 0.2) is 11.6 Å². The summed E-state index contributed by atoms with van der Waals surface area (Å²) in [5, 5.41) is 6.35. The van der Waals surface area contributed by atoms with Crippen molar-refractivity contribution in [2.45, 2.75) is 19.8 Å². The van der Waals surface area contributed by atoms with E-state index in [-0.39, 0.29) is 17.2 Å². The number of benzene rings is 1. The number of carbonyl (C=O) groups is 3. The van der Waals surface area contributed by atoms with Crippen molar-refractivity contribution in [2.24, 2.45) is 5.73 Å². The lowest BCUT2D eigenvalue weighted by Crippen LogP contribution is -2.31. The molecule has 1 aromatic heterocycles. The Hall–Kier alpha value is -2.81. The molecule has 8 nitrogen and oxygen atoms in total. The molecule has 2 amide bonds. The van der Waals surface area contributed by atoms with Gasteiger partial charge in [-0.2, -0.15) is 0 Å². The van der Waals surface area contributed by atoms with Gasteiger partial charge in [-0.15, -0.1) is 5.10 Å². The molecular weight excluding hydrogens is 332 g/mol. The molecule has 0 aliphatic heterocycles. The zero-order chi connectivity index (χ0) is 17.7. The number of rotatable bonds is 6. The first kappa shape index (κ1) is 17.5. The summed E-state index contributed by atoms with van der Waals surface area (Å²) in [5.74, 6) is -3.76. The number of aryl methyl sites for hydroxylation is 1. The molecule has 0 aliphatic rings. The Bertz CT molecular complexity index is 757. The van der Waals surface area contributed by atoms with Gasteiger partial charge in [-0.05, 0) is 37.5 Å². The van der Waals surface area contributed by atoms with Gasteiger partial charge >= 0.3 is 5.97 Å². The van der Waals surface area contributed by atoms with Gasteiger partial charge in [0.25, 0.3) is 5.91 Å². The van der Waals surface area contributed by atoms with Crippen molar-refractivity contribution in [1.82, 2.24) is 9.59 Å². The second-order valence-electron chi connectivity index (χ2n) is 4.89. The fourth-order valence-corrected chi connectivity index (χ4v) is 2.70. The highest BCUT2D eigenvalue weighted by molar-refractivity contribution is 7.06. The Balaban J connectivity index is 2.27. The van der Waals surface area contributed by atoms with Crippen molar-refractivity contribution >= 4 is 35.0 Å². The standard InChI is InChI=1S/C15H16N4O4S/c1-3-23-15(22)10(13(16)20)12-11(18-19-24-12)14(21)17-9-6-4-8(2)5-7-9/h4-7,10H,3H2,1-2H3,(H2,16,20)(H,17,21). The quantitative estimate of drug-likeness (QED) is 0.597. The predicted molar refractivity (Wildman–Crippen MR) is 87.6 cm³/mol. The summed E-state index contributed by atoms with van der Waals surface area (Å²) in [5.41, 5.74) is 6.74. The average molecular weight is 348 g/mol. The Kier molecular flexibility index (Phi) is 5.59. The fourth-order valence-electron chi connectivity index (χ4n) is 1.95. The summed E-state index contributed by atoms with van der Waals surface area (Å²) in [7, 11) is 0. The topological polar surface area (TPSA) is 124 Å². The highest BCUT2D eigenvalue weighted by atomic mass is 32.1. The zero-order valence-corrected chi connectivity index (χ0v) is 13.9. The van der Waals surface area contributed by atoms with Crippen LogP contribution in [0.4, 0.5) is 5.69 Å². The maximum Gasteiger partial charge on any atom is 0.324 e. The first-order chi connectivity index (χ1) is 11.4. The second kappa shape index (κ2) is 7.64. The smallest absolute Gasteiger partial charge is 0.324 e. The number of carbonyl (C=O) groups excluding carboxylic acids is 3. The van der Waals surface area contributed by atoms with Crippen LogP contribution < -0.4 is 11.1 Å². The van der Waals surface area contributed by atoms with Crippen molar-refractivity contribution in [3.05, 3.63) is 40.4 Å². The van der Waals surface area contributed by atoms with Crippen LogP contribution in [0.15, 0.2) is 24.3 Å². The third kappa shape index (κ3) is 3.93. The van der Waals surface area contributed by atoms with Crippen LogP contribution >= 0.6 is 11.5 Å². The third-order valence-corrected chi connectivity index (χ3v) is 3.90. The first-order valence-electron chi connectivity index (χ1n) is 7.10. The molecule has 0 aliphatic carbocycles. The molecule has 0 radical (unpaired) electrons. The van der Waals surface area contributed by atoms with E-state index in [1.54, 1.807) is 19.1 Å². The van der Waals surface area contributed by atoms with Gasteiger partial charge in [0.2, 0.25) is 5.91 Å². The van der Waals surface area contributed by atoms with Crippen LogP contribution in [-0.2, 0) is 14.3 Å². The van der Waals surface area contributed by atoms with Crippen LogP contribution in [-0.4, -0.2) is 34.0 Å². The van der Waals surface area contributed by atoms with E-state index >= 15 is 0 Å². The number of primary amides is 1. The van der Waals surface area contributed by atoms with Crippen LogP contribution in [0.25, 0.3) is 0 Å². The lowest BCUT2D eigenvalue weighted by atomic mass is 10.1. The van der Waals surface area contributed by atoms with Crippen LogP contribution in [0.2, 0.25) is 0 Å². The lowest BCUT2D eigenvalue weighted by molar-refractivity contribution is -0.147. The Morgan fingerprint density at radius 3 is 2.54 bits per heavy atom. The molecule has 1 atom stereocenters. The van der Waals surface area contributed by atoms with Gasteiger partial charge < -0.3 is 15.8 Å². The Labute approximate surface area is 142 Å². The summed E-state index contributed by atoms with van der Waals surface area (Å²) in [6, 6.07) is 7.12. The third-order valence-electron chi connectivity index (χ3n) is 3.11. The number of esters is 1. The molecule has 0 bridgehead atoms. The van der Waals surface area contributed by atoms with Crippen molar-refractivity contribution in [3.8, 4) is 0 Å². The summed E-state index contributed by atoms with van der Waals surface area (Å²) < 4.78 is 8.49. The van der Waals surface area contributed by atoms with Crippen molar-refractivity contribution < 1.29 is 19.1 Å². The Morgan fingerprint density at radius 1 is 1.29 bits per heavy atom. The molecule has 1 unspecified atom stereocenters. The van der Waals surface area contributed by atoms with Crippen molar-refractivity contribution in [3.63, 3.8) is 0 Å². The van der Waals surface area contributed by atoms with Gasteiger partial charge in [0.1, 0.15) is 0 Å². The predicted octanol–water partition coefficient (Wildman–Crippen LogP) is 1.23. The van der Waals surface area contributed by atoms with E-state index in [9.17, 15) is 14.4 Å². The lowest BCUT2D eigenvalue weighted by Gasteiger charge is -2.11. The van der Waals surface area contributed by atoms with Gasteiger partial charge in [-0.25, -0.2) is 0 Å². The van der Waals surface area contributed by atoms with Crippen LogP contribution in [0.5, 0.6) is 0 Å². The average Bonchev–Trinajstić information content (AvgIpc) is 2.99. The number of hydrogen-bond acceptors (Lipinski definition) is 7. The van der Waals surface area contributed by atoms with E-state index in [1.807, 2.05) is 19.1 Å². The maximum atomic E-state index is 12.4. The molecule has 126 valence electrons. The van der Waals surface area contributed by atoms with Crippen LogP contribution in [0, 0.1) is 6.92 Å². The van der Waals surface area contributed by atoms with E-state index < -0.39 is 23.7 Å². The number of nitrogens with two attached hydrogens (primary N) is 1. The summed E-state index contributed by atoms with van der Waals surface area (Å²) in [6.07, 6.45) is 0. The van der Waals surface area contributed by atoms with Crippen molar-refractivity contribution in [1.29, 1.82) is 0 Å². The molecule has 0 saturated heterocycles. The van der Waals surface area contributed by atoms with Gasteiger partial charge in [0, 0.05) is 5.69 Å². The van der Waals surface area contributed by atoms with E-state index in [0.29, 0.717) is 5.69 Å². The normalized spacial score (nSPS) is 11.6. The molecule has 3 N–H and O–H groups in total. The largest absolute Gasteiger partial charge is 0.465 e. The highest BCUT2D eigenvalue weighted by Crippen LogP contribution is 2.25. The SMILES string of the molecule is CCOC(=O)C(C(N)=O)c1snnc1C(=O)Nc1ccc(C)cc1. The summed E-state index contributed by atoms with van der Waals surface area (Å²) in [4.78, 5) is 36.0. The molecule has 1 aromatic carbocycles. The van der Waals surface area contributed by atoms with E-state index in [2.05, 4.69) is 14.9 Å². The molecule has 9 heteroatoms. The van der Waals surface area contributed by atoms with Gasteiger partial charge in [-0.3, -0.25) is 14.4 Å². The molecule has 0 spiro atoms. The molecule has 0 fully saturated rings. The van der Waals surface area contributed by atoms with Gasteiger partial charge in [0.05, 0.1) is 11.5 Å². The number of hydrogen-bond donors (Lipinski definition) is 2. The molecule has 2 rings (SSSR count). The van der Waals surface area contributed by atoms with Crippen molar-refractivity contribution in [2.75, 3.05) is 11.9 Å². The second-order valence-corrected chi connectivity index (χ2v) is 5.68. The molecular formula is C15H16N4O4S. The molecule has 1 heterocycles. The molecule has 2 aromatic rings. The van der Waals surface area contributed by atoms with Crippen LogP contribution in [0.3, 0.4) is 0 Å². The van der Waals surface area contributed by atoms with E-state index in [1.165, 1.54) is 0 Å². The number of nitrogens with zero attached hydrogens (tertiary/aromatic N) is 2. The zero-order valence-electron chi connectivity index (χ0n) is 13.1. The fraction of sp³-hybridized carbons (Fsp3) is 0.267. The number of amides is 2. The van der Waals surface area contributed by atoms with Gasteiger partial charge in [-0.1, -0.05) is 22.2 Å². The maximum absolute atomic E-state index is 12.4. The van der Waals surface area contributed by atoms with E-state index in [4.69, 9.17) is 10.5 Å². The molecule has 24 heavy (non-hydrogen) atoms. The number of anilines is 1. The monoisotopic (exact) mass is 348 g/mol. The minimum absolute atomic E-state index is 0.0607. The number of aromatic nitrogens is 2. The van der Waals surface area contributed by atoms with E-state index in [0.717, 1.165) is 17.1 Å². The first-order valence-corrected chi connectivity index (χ1v) is 7.87. The number of nitrogens with one attached hydrogen (secondary N) is 1. The molecule has 0 saturated carbocycles. The highest BCUT2D eigenvalue weighted by Gasteiger charge is 2.34. The summed E-state index contributed by atoms with van der Waals surface area (Å²) >= 11 is 0.758. The number of ether oxygens (including phenoxy) is 1. The summed E-state index contributed by atoms with van der Waals surface area (Å²) in [6.45, 7) is 3.61.